The summed E-state index contributed by atoms with van der Waals surface area (Å²) >= 11 is 1.38. The molecule has 0 saturated carbocycles. The van der Waals surface area contributed by atoms with Gasteiger partial charge < -0.3 is 15.4 Å². The van der Waals surface area contributed by atoms with E-state index >= 15 is 0 Å². The summed E-state index contributed by atoms with van der Waals surface area (Å²) in [6.45, 7) is 3.84. The maximum absolute atomic E-state index is 12.6. The topological polar surface area (TPSA) is 102 Å². The fraction of sp³-hybridized carbons (Fsp3) is 0.375. The number of hydrogen-bond acceptors (Lipinski definition) is 6. The predicted octanol–water partition coefficient (Wildman–Crippen LogP) is 1.37. The number of thiophene rings is 1. The highest BCUT2D eigenvalue weighted by molar-refractivity contribution is 7.16. The normalized spacial score (nSPS) is 17.4. The molecule has 9 heteroatoms. The molecule has 0 saturated heterocycles. The lowest BCUT2D eigenvalue weighted by atomic mass is 10.00. The van der Waals surface area contributed by atoms with E-state index in [4.69, 9.17) is 4.74 Å². The zero-order valence-corrected chi connectivity index (χ0v) is 14.7. The molecule has 0 spiro atoms. The number of rotatable bonds is 5. The Morgan fingerprint density at radius 2 is 2.20 bits per heavy atom. The highest BCUT2D eigenvalue weighted by atomic mass is 32.1. The monoisotopic (exact) mass is 362 g/mol. The number of allylic oxidation sites excluding steroid dienone is 1. The molecule has 0 aliphatic carbocycles. The third-order valence-corrected chi connectivity index (χ3v) is 4.75. The van der Waals surface area contributed by atoms with Gasteiger partial charge >= 0.3 is 12.0 Å². The molecule has 2 aromatic rings. The van der Waals surface area contributed by atoms with E-state index in [0.29, 0.717) is 27.9 Å². The van der Waals surface area contributed by atoms with Crippen LogP contribution in [-0.2, 0) is 16.1 Å². The number of aromatic nitrogens is 2. The Balaban J connectivity index is 2.05. The van der Waals surface area contributed by atoms with Crippen LogP contribution in [0.2, 0.25) is 0 Å². The van der Waals surface area contributed by atoms with E-state index in [9.17, 15) is 14.4 Å². The Labute approximate surface area is 147 Å². The van der Waals surface area contributed by atoms with E-state index in [1.54, 1.807) is 18.4 Å². The first-order valence-corrected chi connectivity index (χ1v) is 8.83. The Bertz CT molecular complexity index is 914. The van der Waals surface area contributed by atoms with Crippen LogP contribution < -0.4 is 16.2 Å². The van der Waals surface area contributed by atoms with Crippen LogP contribution in [0.25, 0.3) is 10.2 Å². The average Bonchev–Trinajstić information content (AvgIpc) is 3.06. The maximum atomic E-state index is 12.6. The van der Waals surface area contributed by atoms with Gasteiger partial charge in [-0.2, -0.15) is 0 Å². The summed E-state index contributed by atoms with van der Waals surface area (Å²) in [6, 6.07) is 0.839. The third-order valence-electron chi connectivity index (χ3n) is 3.93. The fourth-order valence-electron chi connectivity index (χ4n) is 2.76. The Morgan fingerprint density at radius 1 is 1.40 bits per heavy atom. The van der Waals surface area contributed by atoms with E-state index in [2.05, 4.69) is 15.6 Å². The van der Waals surface area contributed by atoms with Crippen molar-refractivity contribution in [3.63, 3.8) is 0 Å². The molecule has 132 valence electrons. The van der Waals surface area contributed by atoms with Gasteiger partial charge in [-0.3, -0.25) is 9.36 Å². The number of nitrogens with zero attached hydrogens (tertiary/aromatic N) is 2. The van der Waals surface area contributed by atoms with Gasteiger partial charge in [0.05, 0.1) is 42.2 Å². The lowest BCUT2D eigenvalue weighted by molar-refractivity contribution is -0.139. The van der Waals surface area contributed by atoms with Gasteiger partial charge in [0.25, 0.3) is 5.56 Å². The van der Waals surface area contributed by atoms with Crippen molar-refractivity contribution in [2.24, 2.45) is 0 Å². The average molecular weight is 362 g/mol. The molecule has 1 atom stereocenters. The smallest absolute Gasteiger partial charge is 0.337 e. The number of urea groups is 1. The first kappa shape index (κ1) is 17.2. The van der Waals surface area contributed by atoms with Gasteiger partial charge in [-0.05, 0) is 24.8 Å². The van der Waals surface area contributed by atoms with Crippen LogP contribution in [0.1, 0.15) is 20.3 Å². The second kappa shape index (κ2) is 7.06. The summed E-state index contributed by atoms with van der Waals surface area (Å²) in [4.78, 5) is 41.7. The van der Waals surface area contributed by atoms with E-state index < -0.39 is 18.0 Å². The molecule has 1 aliphatic rings. The zero-order valence-electron chi connectivity index (χ0n) is 13.9. The number of fused-ring (bicyclic) bond motifs is 1. The van der Waals surface area contributed by atoms with E-state index in [1.807, 2.05) is 6.92 Å². The van der Waals surface area contributed by atoms with E-state index in [1.165, 1.54) is 22.2 Å². The predicted molar refractivity (Wildman–Crippen MR) is 93.3 cm³/mol. The van der Waals surface area contributed by atoms with Crippen LogP contribution >= 0.6 is 11.3 Å². The van der Waals surface area contributed by atoms with Crippen molar-refractivity contribution in [1.82, 2.24) is 20.2 Å². The van der Waals surface area contributed by atoms with Gasteiger partial charge in [0.2, 0.25) is 0 Å². The molecule has 2 aromatic heterocycles. The van der Waals surface area contributed by atoms with Gasteiger partial charge in [-0.1, -0.05) is 6.92 Å². The van der Waals surface area contributed by atoms with Gasteiger partial charge in [-0.25, -0.2) is 14.6 Å². The number of amides is 2. The zero-order chi connectivity index (χ0) is 18.0. The van der Waals surface area contributed by atoms with Crippen molar-refractivity contribution in [3.8, 4) is 0 Å². The van der Waals surface area contributed by atoms with Crippen LogP contribution in [0, 0.1) is 0 Å². The first-order chi connectivity index (χ1) is 12.0. The Morgan fingerprint density at radius 3 is 2.92 bits per heavy atom. The van der Waals surface area contributed by atoms with Crippen molar-refractivity contribution >= 4 is 33.6 Å². The van der Waals surface area contributed by atoms with Crippen LogP contribution in [0.5, 0.6) is 0 Å². The molecule has 2 N–H and O–H groups in total. The summed E-state index contributed by atoms with van der Waals surface area (Å²) < 4.78 is 6.49. The van der Waals surface area contributed by atoms with Crippen LogP contribution in [0.15, 0.2) is 33.8 Å². The van der Waals surface area contributed by atoms with Crippen molar-refractivity contribution < 1.29 is 14.3 Å². The summed E-state index contributed by atoms with van der Waals surface area (Å²) in [5.74, 6) is -0.505. The lowest BCUT2D eigenvalue weighted by Crippen LogP contribution is -2.51. The van der Waals surface area contributed by atoms with Gasteiger partial charge in [0.1, 0.15) is 4.83 Å². The number of nitrogens with one attached hydrogen (secondary N) is 2. The molecule has 3 heterocycles. The molecule has 0 aromatic carbocycles. The minimum atomic E-state index is -0.505. The SMILES string of the molecule is CCOC(=O)C1=C(Cn2cnc3sccc3c2=O)NC(=O)N[C@@H]1CC. The standard InChI is InChI=1S/C16H18N4O4S/c1-3-10-12(15(22)24-4-2)11(19-16(23)18-10)7-20-8-17-13-9(14(20)21)5-6-25-13/h5-6,8,10H,3-4,7H2,1-2H3,(H2,18,19,23)/t10-/m1/s1. The molecule has 1 aliphatic heterocycles. The summed E-state index contributed by atoms with van der Waals surface area (Å²) in [7, 11) is 0. The van der Waals surface area contributed by atoms with Crippen molar-refractivity contribution in [2.75, 3.05) is 6.61 Å². The van der Waals surface area contributed by atoms with Crippen molar-refractivity contribution in [3.05, 3.63) is 39.4 Å². The van der Waals surface area contributed by atoms with Crippen LogP contribution in [0.4, 0.5) is 4.79 Å². The summed E-state index contributed by atoms with van der Waals surface area (Å²) in [6.07, 6.45) is 1.95. The number of esters is 1. The van der Waals surface area contributed by atoms with Gasteiger partial charge in [0, 0.05) is 0 Å². The van der Waals surface area contributed by atoms with Gasteiger partial charge in [-0.15, -0.1) is 11.3 Å². The number of ether oxygens (including phenoxy) is 1. The second-order valence-corrected chi connectivity index (χ2v) is 6.38. The molecule has 0 radical (unpaired) electrons. The minimum Gasteiger partial charge on any atom is -0.463 e. The Hall–Kier alpha value is -2.68. The highest BCUT2D eigenvalue weighted by Gasteiger charge is 2.31. The highest BCUT2D eigenvalue weighted by Crippen LogP contribution is 2.19. The van der Waals surface area contributed by atoms with E-state index in [-0.39, 0.29) is 18.7 Å². The van der Waals surface area contributed by atoms with Crippen molar-refractivity contribution in [1.29, 1.82) is 0 Å². The molecule has 0 fully saturated rings. The summed E-state index contributed by atoms with van der Waals surface area (Å²) in [5.41, 5.74) is 0.469. The van der Waals surface area contributed by atoms with Crippen LogP contribution in [-0.4, -0.2) is 34.2 Å². The number of carbonyl (C=O) groups is 2. The van der Waals surface area contributed by atoms with Crippen LogP contribution in [0.3, 0.4) is 0 Å². The van der Waals surface area contributed by atoms with Crippen molar-refractivity contribution in [2.45, 2.75) is 32.9 Å². The summed E-state index contributed by atoms with van der Waals surface area (Å²) in [5, 5.41) is 7.64. The lowest BCUT2D eigenvalue weighted by Gasteiger charge is -2.28. The molecular formula is C16H18N4O4S. The number of carbonyl (C=O) groups excluding carboxylic acids is 2. The van der Waals surface area contributed by atoms with Gasteiger partial charge in [0.15, 0.2) is 0 Å². The third kappa shape index (κ3) is 3.27. The second-order valence-electron chi connectivity index (χ2n) is 5.49. The first-order valence-electron chi connectivity index (χ1n) is 7.95. The molecule has 8 nitrogen and oxygen atoms in total. The molecule has 0 unspecified atom stereocenters. The minimum absolute atomic E-state index is 0.0374. The Kier molecular flexibility index (Phi) is 4.84. The molecule has 25 heavy (non-hydrogen) atoms. The van der Waals surface area contributed by atoms with E-state index in [0.717, 1.165) is 0 Å². The number of hydrogen-bond donors (Lipinski definition) is 2. The fourth-order valence-corrected chi connectivity index (χ4v) is 3.49. The molecular weight excluding hydrogens is 344 g/mol. The molecule has 2 amide bonds. The molecule has 0 bridgehead atoms. The quantitative estimate of drug-likeness (QED) is 0.782. The largest absolute Gasteiger partial charge is 0.463 e. The molecule has 3 rings (SSSR count). The maximum Gasteiger partial charge on any atom is 0.337 e.